The number of rotatable bonds is 5. The normalized spacial score (nSPS) is 11.2. The van der Waals surface area contributed by atoms with Crippen molar-refractivity contribution in [1.82, 2.24) is 10.3 Å². The highest BCUT2D eigenvalue weighted by Gasteiger charge is 2.31. The summed E-state index contributed by atoms with van der Waals surface area (Å²) < 4.78 is 43.8. The number of aryl methyl sites for hydroxylation is 2. The van der Waals surface area contributed by atoms with Gasteiger partial charge in [0, 0.05) is 18.7 Å². The summed E-state index contributed by atoms with van der Waals surface area (Å²) in [6.45, 7) is 4.66. The standard InChI is InChI=1S/C13H13F3N2O2S.C9H9ClO2/c1-7-18-12-8(5-17-11(19)6-20-2)3-9(13(14,15)16)4-10(12)21-7;1-5-3-7(10)4-8(6(2)11)9(5)12/h3-4H,5-6H2,1-2H3,(H,17,19);3-4,12H,1-2H3. The molecule has 0 aliphatic rings. The van der Waals surface area contributed by atoms with Crippen LogP contribution in [-0.4, -0.2) is 35.5 Å². The molecule has 1 aromatic heterocycles. The molecule has 6 nitrogen and oxygen atoms in total. The van der Waals surface area contributed by atoms with Crippen molar-refractivity contribution in [2.75, 3.05) is 13.7 Å². The topological polar surface area (TPSA) is 88.5 Å². The second-order valence-electron chi connectivity index (χ2n) is 7.10. The molecule has 1 heterocycles. The molecule has 0 fully saturated rings. The van der Waals surface area contributed by atoms with Crippen molar-refractivity contribution >= 4 is 44.8 Å². The van der Waals surface area contributed by atoms with E-state index in [2.05, 4.69) is 15.0 Å². The minimum absolute atomic E-state index is 0.0203. The lowest BCUT2D eigenvalue weighted by atomic mass is 10.1. The Morgan fingerprint density at radius 1 is 1.21 bits per heavy atom. The number of fused-ring (bicyclic) bond motifs is 1. The number of hydrogen-bond donors (Lipinski definition) is 2. The fourth-order valence-corrected chi connectivity index (χ4v) is 4.08. The third-order valence-electron chi connectivity index (χ3n) is 4.40. The number of phenolic OH excluding ortho intramolecular Hbond substituents is 1. The minimum Gasteiger partial charge on any atom is -0.507 e. The summed E-state index contributed by atoms with van der Waals surface area (Å²) in [5.74, 6) is -0.556. The summed E-state index contributed by atoms with van der Waals surface area (Å²) in [6.07, 6.45) is -4.43. The van der Waals surface area contributed by atoms with Gasteiger partial charge in [-0.1, -0.05) is 11.6 Å². The molecule has 0 saturated carbocycles. The second-order valence-corrected chi connectivity index (χ2v) is 8.77. The van der Waals surface area contributed by atoms with Crippen LogP contribution in [-0.2, 0) is 22.3 Å². The third-order valence-corrected chi connectivity index (χ3v) is 5.54. The predicted molar refractivity (Wildman–Crippen MR) is 121 cm³/mol. The van der Waals surface area contributed by atoms with Crippen LogP contribution in [0.2, 0.25) is 5.02 Å². The Morgan fingerprint density at radius 3 is 2.45 bits per heavy atom. The number of nitrogens with zero attached hydrogens (tertiary/aromatic N) is 1. The number of ether oxygens (including phenoxy) is 1. The number of thiazole rings is 1. The monoisotopic (exact) mass is 502 g/mol. The smallest absolute Gasteiger partial charge is 0.416 e. The number of carbonyl (C=O) groups is 2. The van der Waals surface area contributed by atoms with Crippen molar-refractivity contribution in [2.24, 2.45) is 0 Å². The van der Waals surface area contributed by atoms with Gasteiger partial charge in [0.05, 0.1) is 26.4 Å². The van der Waals surface area contributed by atoms with E-state index in [1.807, 2.05) is 0 Å². The molecule has 0 aliphatic heterocycles. The van der Waals surface area contributed by atoms with E-state index in [0.717, 1.165) is 12.1 Å². The first-order valence-corrected chi connectivity index (χ1v) is 10.8. The number of Topliss-reactive ketones (excluding diaryl/α,β-unsaturated/α-hetero) is 1. The first-order chi connectivity index (χ1) is 15.3. The summed E-state index contributed by atoms with van der Waals surface area (Å²) in [5, 5.41) is 13.1. The zero-order valence-electron chi connectivity index (χ0n) is 18.3. The number of ketones is 1. The van der Waals surface area contributed by atoms with Gasteiger partial charge in [-0.3, -0.25) is 9.59 Å². The van der Waals surface area contributed by atoms with E-state index in [4.69, 9.17) is 11.6 Å². The summed E-state index contributed by atoms with van der Waals surface area (Å²) in [7, 11) is 1.37. The molecule has 2 N–H and O–H groups in total. The van der Waals surface area contributed by atoms with E-state index in [0.29, 0.717) is 31.4 Å². The average Bonchev–Trinajstić information content (AvgIpc) is 3.09. The Hall–Kier alpha value is -2.69. The molecule has 0 aliphatic carbocycles. The lowest BCUT2D eigenvalue weighted by Crippen LogP contribution is -2.26. The van der Waals surface area contributed by atoms with Gasteiger partial charge >= 0.3 is 6.18 Å². The Bertz CT molecular complexity index is 1180. The lowest BCUT2D eigenvalue weighted by molar-refractivity contribution is -0.137. The van der Waals surface area contributed by atoms with Crippen molar-refractivity contribution < 1.29 is 32.6 Å². The van der Waals surface area contributed by atoms with Crippen LogP contribution in [0.25, 0.3) is 10.2 Å². The molecule has 0 spiro atoms. The number of carbonyl (C=O) groups excluding carboxylic acids is 2. The van der Waals surface area contributed by atoms with E-state index < -0.39 is 17.6 Å². The maximum absolute atomic E-state index is 12.9. The number of aromatic hydroxyl groups is 1. The van der Waals surface area contributed by atoms with E-state index in [1.165, 1.54) is 31.4 Å². The number of methoxy groups -OCH3 is 1. The van der Waals surface area contributed by atoms with Gasteiger partial charge in [-0.25, -0.2) is 4.98 Å². The van der Waals surface area contributed by atoms with Crippen LogP contribution >= 0.6 is 22.9 Å². The van der Waals surface area contributed by atoms with E-state index in [-0.39, 0.29) is 30.2 Å². The zero-order chi connectivity index (χ0) is 24.9. The number of benzene rings is 2. The predicted octanol–water partition coefficient (Wildman–Crippen LogP) is 5.44. The molecule has 11 heteroatoms. The highest BCUT2D eigenvalue weighted by atomic mass is 35.5. The quantitative estimate of drug-likeness (QED) is 0.453. The Labute approximate surface area is 197 Å². The van der Waals surface area contributed by atoms with Crippen LogP contribution in [0.4, 0.5) is 13.2 Å². The lowest BCUT2D eigenvalue weighted by Gasteiger charge is -2.10. The van der Waals surface area contributed by atoms with Crippen molar-refractivity contribution in [3.8, 4) is 5.75 Å². The van der Waals surface area contributed by atoms with E-state index >= 15 is 0 Å². The van der Waals surface area contributed by atoms with E-state index in [9.17, 15) is 27.9 Å². The Kier molecular flexibility index (Phi) is 8.82. The van der Waals surface area contributed by atoms with Crippen molar-refractivity contribution in [2.45, 2.75) is 33.5 Å². The van der Waals surface area contributed by atoms with Gasteiger partial charge in [0.15, 0.2) is 5.78 Å². The highest BCUT2D eigenvalue weighted by molar-refractivity contribution is 7.18. The molecule has 33 heavy (non-hydrogen) atoms. The van der Waals surface area contributed by atoms with Gasteiger partial charge in [-0.2, -0.15) is 13.2 Å². The zero-order valence-corrected chi connectivity index (χ0v) is 19.8. The number of alkyl halides is 3. The number of phenols is 1. The summed E-state index contributed by atoms with van der Waals surface area (Å²) in [5.41, 5.74) is 0.985. The van der Waals surface area contributed by atoms with Gasteiger partial charge in [-0.05, 0) is 56.2 Å². The molecule has 0 bridgehead atoms. The number of halogens is 4. The van der Waals surface area contributed by atoms with Gasteiger partial charge in [0.1, 0.15) is 12.4 Å². The summed E-state index contributed by atoms with van der Waals surface area (Å²) in [6, 6.07) is 5.19. The van der Waals surface area contributed by atoms with Gasteiger partial charge in [-0.15, -0.1) is 11.3 Å². The first kappa shape index (κ1) is 26.6. The van der Waals surface area contributed by atoms with E-state index in [1.54, 1.807) is 19.9 Å². The highest BCUT2D eigenvalue weighted by Crippen LogP contribution is 2.35. The Balaban J connectivity index is 0.000000273. The van der Waals surface area contributed by atoms with Crippen molar-refractivity contribution in [3.63, 3.8) is 0 Å². The molecular formula is C22H22ClF3N2O4S. The fraction of sp³-hybridized carbons (Fsp3) is 0.318. The fourth-order valence-electron chi connectivity index (χ4n) is 2.89. The maximum atomic E-state index is 12.9. The van der Waals surface area contributed by atoms with Crippen LogP contribution in [0.15, 0.2) is 24.3 Å². The molecule has 0 atom stereocenters. The van der Waals surface area contributed by atoms with Crippen LogP contribution in [0.1, 0.15) is 39.0 Å². The van der Waals surface area contributed by atoms with Gasteiger partial charge in [0.2, 0.25) is 5.91 Å². The molecule has 3 rings (SSSR count). The molecule has 2 aromatic carbocycles. The summed E-state index contributed by atoms with van der Waals surface area (Å²) >= 11 is 6.90. The second kappa shape index (κ2) is 11.0. The first-order valence-electron chi connectivity index (χ1n) is 9.56. The molecule has 3 aromatic rings. The Morgan fingerprint density at radius 2 is 1.88 bits per heavy atom. The molecule has 0 saturated heterocycles. The molecule has 178 valence electrons. The number of hydrogen-bond acceptors (Lipinski definition) is 6. The maximum Gasteiger partial charge on any atom is 0.416 e. The van der Waals surface area contributed by atoms with Crippen molar-refractivity contribution in [3.05, 3.63) is 56.5 Å². The number of aromatic nitrogens is 1. The molecule has 1 amide bonds. The number of amides is 1. The van der Waals surface area contributed by atoms with Crippen LogP contribution in [0.5, 0.6) is 5.75 Å². The molecule has 0 unspecified atom stereocenters. The van der Waals surface area contributed by atoms with Crippen molar-refractivity contribution in [1.29, 1.82) is 0 Å². The minimum atomic E-state index is -4.43. The molecule has 0 radical (unpaired) electrons. The molecular weight excluding hydrogens is 481 g/mol. The van der Waals surface area contributed by atoms with Crippen LogP contribution < -0.4 is 5.32 Å². The third kappa shape index (κ3) is 7.15. The van der Waals surface area contributed by atoms with Gasteiger partial charge < -0.3 is 15.2 Å². The van der Waals surface area contributed by atoms with Gasteiger partial charge in [0.25, 0.3) is 0 Å². The largest absolute Gasteiger partial charge is 0.507 e. The number of nitrogens with one attached hydrogen (secondary N) is 1. The summed E-state index contributed by atoms with van der Waals surface area (Å²) in [4.78, 5) is 26.5. The van der Waals surface area contributed by atoms with Crippen LogP contribution in [0, 0.1) is 13.8 Å². The SMILES string of the molecule is CC(=O)c1cc(Cl)cc(C)c1O.COCC(=O)NCc1cc(C(F)(F)F)cc2sc(C)nc12. The van der Waals surface area contributed by atoms with Crippen LogP contribution in [0.3, 0.4) is 0 Å². The average molecular weight is 503 g/mol.